The van der Waals surface area contributed by atoms with Crippen LogP contribution in [0.1, 0.15) is 27.8 Å². The number of hydrogen-bond acceptors (Lipinski definition) is 5. The number of nitrogens with one attached hydrogen (secondary N) is 1. The van der Waals surface area contributed by atoms with Crippen molar-refractivity contribution >= 4 is 45.5 Å². The van der Waals surface area contributed by atoms with Crippen molar-refractivity contribution in [2.24, 2.45) is 0 Å². The highest BCUT2D eigenvalue weighted by atomic mass is 79.9. The summed E-state index contributed by atoms with van der Waals surface area (Å²) < 4.78 is 12.1. The van der Waals surface area contributed by atoms with E-state index in [0.717, 1.165) is 27.2 Å². The number of halogens is 1. The van der Waals surface area contributed by atoms with Gasteiger partial charge in [0.2, 0.25) is 0 Å². The maximum absolute atomic E-state index is 13.2. The highest BCUT2D eigenvalue weighted by molar-refractivity contribution is 9.10. The second-order valence-electron chi connectivity index (χ2n) is 8.54. The Balaban J connectivity index is 1.65. The van der Waals surface area contributed by atoms with Crippen LogP contribution in [-0.4, -0.2) is 25.0 Å². The van der Waals surface area contributed by atoms with Crippen LogP contribution in [0, 0.1) is 20.8 Å². The van der Waals surface area contributed by atoms with E-state index in [1.165, 1.54) is 13.2 Å². The standard InChI is InChI=1S/C28H25BrN2O5/c1-16-6-5-7-19(10-16)15-36-25-23(29)13-20(14-24(25)35-4)12-22-26(32)30-28(34)31(27(22)33)21-9-8-17(2)18(3)11-21/h5-14H,15H2,1-4H3,(H,30,32,34)/b22-12+. The quantitative estimate of drug-likeness (QED) is 0.318. The second kappa shape index (κ2) is 10.4. The van der Waals surface area contributed by atoms with Crippen molar-refractivity contribution in [3.05, 3.63) is 92.5 Å². The molecule has 0 unspecified atom stereocenters. The Labute approximate surface area is 217 Å². The summed E-state index contributed by atoms with van der Waals surface area (Å²) in [7, 11) is 1.51. The lowest BCUT2D eigenvalue weighted by atomic mass is 10.0. The smallest absolute Gasteiger partial charge is 0.335 e. The maximum Gasteiger partial charge on any atom is 0.335 e. The number of nitrogens with zero attached hydrogens (tertiary/aromatic N) is 1. The van der Waals surface area contributed by atoms with E-state index >= 15 is 0 Å². The number of amides is 4. The van der Waals surface area contributed by atoms with E-state index < -0.39 is 17.8 Å². The van der Waals surface area contributed by atoms with Gasteiger partial charge in [0.15, 0.2) is 11.5 Å². The normalized spacial score (nSPS) is 14.8. The molecule has 0 aromatic heterocycles. The number of imide groups is 2. The minimum absolute atomic E-state index is 0.171. The molecule has 1 N–H and O–H groups in total. The molecule has 1 saturated heterocycles. The molecule has 1 heterocycles. The van der Waals surface area contributed by atoms with E-state index in [1.807, 2.05) is 51.1 Å². The van der Waals surface area contributed by atoms with E-state index in [2.05, 4.69) is 21.2 Å². The molecule has 4 rings (SSSR count). The first-order valence-electron chi connectivity index (χ1n) is 11.2. The van der Waals surface area contributed by atoms with Gasteiger partial charge in [-0.15, -0.1) is 0 Å². The van der Waals surface area contributed by atoms with Gasteiger partial charge in [-0.25, -0.2) is 9.69 Å². The van der Waals surface area contributed by atoms with Gasteiger partial charge in [-0.1, -0.05) is 35.9 Å². The van der Waals surface area contributed by atoms with Crippen molar-refractivity contribution in [1.29, 1.82) is 0 Å². The van der Waals surface area contributed by atoms with Crippen LogP contribution >= 0.6 is 15.9 Å². The van der Waals surface area contributed by atoms with Gasteiger partial charge in [-0.3, -0.25) is 14.9 Å². The molecular weight excluding hydrogens is 524 g/mol. The number of hydrogen-bond donors (Lipinski definition) is 1. The summed E-state index contributed by atoms with van der Waals surface area (Å²) in [5, 5.41) is 2.25. The van der Waals surface area contributed by atoms with E-state index in [9.17, 15) is 14.4 Å². The number of rotatable bonds is 6. The topological polar surface area (TPSA) is 84.9 Å². The lowest BCUT2D eigenvalue weighted by Crippen LogP contribution is -2.54. The third-order valence-electron chi connectivity index (χ3n) is 5.88. The Hall–Kier alpha value is -3.91. The lowest BCUT2D eigenvalue weighted by molar-refractivity contribution is -0.122. The number of methoxy groups -OCH3 is 1. The van der Waals surface area contributed by atoms with Gasteiger partial charge in [0.1, 0.15) is 12.2 Å². The van der Waals surface area contributed by atoms with Gasteiger partial charge in [0.25, 0.3) is 11.8 Å². The zero-order valence-corrected chi connectivity index (χ0v) is 21.9. The summed E-state index contributed by atoms with van der Waals surface area (Å²) in [5.74, 6) is -0.552. The summed E-state index contributed by atoms with van der Waals surface area (Å²) >= 11 is 3.51. The highest BCUT2D eigenvalue weighted by Crippen LogP contribution is 2.38. The molecule has 0 spiro atoms. The SMILES string of the molecule is COc1cc(/C=C2\C(=O)NC(=O)N(c3ccc(C)c(C)c3)C2=O)cc(Br)c1OCc1cccc(C)c1. The zero-order chi connectivity index (χ0) is 26.0. The molecule has 8 heteroatoms. The third kappa shape index (κ3) is 5.18. The van der Waals surface area contributed by atoms with Crippen LogP contribution in [0.3, 0.4) is 0 Å². The number of aryl methyl sites for hydroxylation is 3. The van der Waals surface area contributed by atoms with Gasteiger partial charge in [0.05, 0.1) is 17.3 Å². The fraction of sp³-hybridized carbons (Fsp3) is 0.179. The van der Waals surface area contributed by atoms with Gasteiger partial charge < -0.3 is 9.47 Å². The number of carbonyl (C=O) groups excluding carboxylic acids is 3. The molecule has 0 saturated carbocycles. The first-order valence-corrected chi connectivity index (χ1v) is 12.0. The van der Waals surface area contributed by atoms with Crippen molar-refractivity contribution in [1.82, 2.24) is 5.32 Å². The van der Waals surface area contributed by atoms with Gasteiger partial charge >= 0.3 is 6.03 Å². The van der Waals surface area contributed by atoms with Crippen LogP contribution in [0.15, 0.2) is 64.6 Å². The number of ether oxygens (including phenoxy) is 2. The lowest BCUT2D eigenvalue weighted by Gasteiger charge is -2.27. The molecule has 0 aliphatic carbocycles. The third-order valence-corrected chi connectivity index (χ3v) is 6.47. The molecule has 0 radical (unpaired) electrons. The molecule has 0 atom stereocenters. The van der Waals surface area contributed by atoms with Crippen molar-refractivity contribution in [3.8, 4) is 11.5 Å². The van der Waals surface area contributed by atoms with Gasteiger partial charge in [-0.2, -0.15) is 0 Å². The first-order chi connectivity index (χ1) is 17.2. The molecule has 1 aliphatic heterocycles. The average molecular weight is 549 g/mol. The van der Waals surface area contributed by atoms with Gasteiger partial charge in [-0.05, 0) is 89.3 Å². The molecule has 3 aromatic rings. The Morgan fingerprint density at radius 2 is 1.75 bits per heavy atom. The van der Waals surface area contributed by atoms with E-state index in [-0.39, 0.29) is 5.57 Å². The molecule has 1 fully saturated rings. The molecule has 0 bridgehead atoms. The van der Waals surface area contributed by atoms with Crippen LogP contribution in [0.25, 0.3) is 6.08 Å². The predicted molar refractivity (Wildman–Crippen MR) is 141 cm³/mol. The molecule has 3 aromatic carbocycles. The number of anilines is 1. The van der Waals surface area contributed by atoms with Crippen molar-refractivity contribution in [2.45, 2.75) is 27.4 Å². The summed E-state index contributed by atoms with van der Waals surface area (Å²) in [6.07, 6.45) is 1.43. The van der Waals surface area contributed by atoms with Crippen molar-refractivity contribution < 1.29 is 23.9 Å². The zero-order valence-electron chi connectivity index (χ0n) is 20.3. The van der Waals surface area contributed by atoms with E-state index in [0.29, 0.717) is 33.8 Å². The van der Waals surface area contributed by atoms with Crippen molar-refractivity contribution in [2.75, 3.05) is 12.0 Å². The second-order valence-corrected chi connectivity index (χ2v) is 9.39. The van der Waals surface area contributed by atoms with E-state index in [1.54, 1.807) is 24.3 Å². The average Bonchev–Trinajstić information content (AvgIpc) is 2.83. The Bertz CT molecular complexity index is 1410. The predicted octanol–water partition coefficient (Wildman–Crippen LogP) is 5.63. The number of barbiturate groups is 1. The molecule has 7 nitrogen and oxygen atoms in total. The monoisotopic (exact) mass is 548 g/mol. The molecule has 4 amide bonds. The Kier molecular flexibility index (Phi) is 7.26. The number of benzene rings is 3. The molecular formula is C28H25BrN2O5. The highest BCUT2D eigenvalue weighted by Gasteiger charge is 2.37. The minimum atomic E-state index is -0.788. The summed E-state index contributed by atoms with van der Waals surface area (Å²) in [6.45, 7) is 6.18. The largest absolute Gasteiger partial charge is 0.493 e. The van der Waals surface area contributed by atoms with Crippen LogP contribution in [0.2, 0.25) is 0 Å². The summed E-state index contributed by atoms with van der Waals surface area (Å²) in [4.78, 5) is 39.3. The van der Waals surface area contributed by atoms with Crippen LogP contribution in [-0.2, 0) is 16.2 Å². The van der Waals surface area contributed by atoms with Gasteiger partial charge in [0, 0.05) is 0 Å². The number of carbonyl (C=O) groups is 3. The fourth-order valence-electron chi connectivity index (χ4n) is 3.84. The number of urea groups is 1. The van der Waals surface area contributed by atoms with Crippen molar-refractivity contribution in [3.63, 3.8) is 0 Å². The van der Waals surface area contributed by atoms with Crippen LogP contribution in [0.5, 0.6) is 11.5 Å². The van der Waals surface area contributed by atoms with Crippen LogP contribution in [0.4, 0.5) is 10.5 Å². The maximum atomic E-state index is 13.2. The first kappa shape index (κ1) is 25.2. The van der Waals surface area contributed by atoms with E-state index in [4.69, 9.17) is 9.47 Å². The minimum Gasteiger partial charge on any atom is -0.493 e. The Morgan fingerprint density at radius 3 is 2.44 bits per heavy atom. The molecule has 184 valence electrons. The molecule has 36 heavy (non-hydrogen) atoms. The summed E-state index contributed by atoms with van der Waals surface area (Å²) in [6, 6.07) is 15.8. The van der Waals surface area contributed by atoms with Crippen LogP contribution < -0.4 is 19.7 Å². The fourth-order valence-corrected chi connectivity index (χ4v) is 4.42. The molecule has 1 aliphatic rings. The Morgan fingerprint density at radius 1 is 0.972 bits per heavy atom. The summed E-state index contributed by atoms with van der Waals surface area (Å²) in [5.41, 5.74) is 4.83.